The summed E-state index contributed by atoms with van der Waals surface area (Å²) >= 11 is 1.31. The lowest BCUT2D eigenvalue weighted by molar-refractivity contribution is -0.144. The number of nitrogens with one attached hydrogen (secondary N) is 1. The number of rotatable bonds is 7. The standard InChI is InChI=1S/C15H23N3O4S/c1-3-10-7-18(5-6-22-10)12(4-2)14(19)17-13(15(20)21)11-8-23-9-16-11/h8-10,12-13H,3-7H2,1-2H3,(H,17,19)(H,20,21). The summed E-state index contributed by atoms with van der Waals surface area (Å²) in [6, 6.07) is -1.46. The highest BCUT2D eigenvalue weighted by atomic mass is 32.1. The molecule has 0 bridgehead atoms. The second-order valence-electron chi connectivity index (χ2n) is 5.51. The predicted octanol–water partition coefficient (Wildman–Crippen LogP) is 1.27. The molecule has 1 saturated heterocycles. The maximum absolute atomic E-state index is 12.6. The lowest BCUT2D eigenvalue weighted by atomic mass is 10.1. The molecule has 1 amide bonds. The van der Waals surface area contributed by atoms with Crippen molar-refractivity contribution in [1.82, 2.24) is 15.2 Å². The van der Waals surface area contributed by atoms with Crippen LogP contribution >= 0.6 is 11.3 Å². The average Bonchev–Trinajstić information content (AvgIpc) is 3.07. The number of aromatic nitrogens is 1. The van der Waals surface area contributed by atoms with E-state index >= 15 is 0 Å². The minimum Gasteiger partial charge on any atom is -0.479 e. The summed E-state index contributed by atoms with van der Waals surface area (Å²) < 4.78 is 5.63. The van der Waals surface area contributed by atoms with Crippen molar-refractivity contribution in [3.05, 3.63) is 16.6 Å². The number of carbonyl (C=O) groups is 2. The van der Waals surface area contributed by atoms with Gasteiger partial charge in [0, 0.05) is 18.5 Å². The fourth-order valence-corrected chi connectivity index (χ4v) is 3.33. The normalized spacial score (nSPS) is 21.6. The summed E-state index contributed by atoms with van der Waals surface area (Å²) in [7, 11) is 0. The first-order chi connectivity index (χ1) is 11.1. The third kappa shape index (κ3) is 4.49. The molecule has 1 aromatic rings. The molecule has 1 fully saturated rings. The van der Waals surface area contributed by atoms with Crippen LogP contribution in [0.15, 0.2) is 10.9 Å². The Balaban J connectivity index is 2.05. The van der Waals surface area contributed by atoms with Gasteiger partial charge in [-0.3, -0.25) is 9.69 Å². The highest BCUT2D eigenvalue weighted by Crippen LogP contribution is 2.17. The number of carbonyl (C=O) groups excluding carboxylic acids is 1. The Labute approximate surface area is 139 Å². The predicted molar refractivity (Wildman–Crippen MR) is 86.3 cm³/mol. The first-order valence-corrected chi connectivity index (χ1v) is 8.78. The molecular formula is C15H23N3O4S. The summed E-state index contributed by atoms with van der Waals surface area (Å²) in [5, 5.41) is 13.6. The van der Waals surface area contributed by atoms with Crippen molar-refractivity contribution in [1.29, 1.82) is 0 Å². The van der Waals surface area contributed by atoms with Gasteiger partial charge in [0.25, 0.3) is 0 Å². The van der Waals surface area contributed by atoms with Crippen molar-refractivity contribution in [2.24, 2.45) is 0 Å². The molecule has 2 rings (SSSR count). The molecular weight excluding hydrogens is 318 g/mol. The van der Waals surface area contributed by atoms with Gasteiger partial charge in [0.05, 0.1) is 30.0 Å². The van der Waals surface area contributed by atoms with Crippen molar-refractivity contribution in [2.75, 3.05) is 19.7 Å². The Morgan fingerprint density at radius 2 is 2.35 bits per heavy atom. The van der Waals surface area contributed by atoms with Crippen LogP contribution in [0.1, 0.15) is 38.4 Å². The van der Waals surface area contributed by atoms with E-state index in [0.29, 0.717) is 31.8 Å². The molecule has 0 spiro atoms. The van der Waals surface area contributed by atoms with Crippen LogP contribution in [0.4, 0.5) is 0 Å². The van der Waals surface area contributed by atoms with Gasteiger partial charge < -0.3 is 15.2 Å². The van der Waals surface area contributed by atoms with Crippen LogP contribution < -0.4 is 5.32 Å². The molecule has 0 saturated carbocycles. The molecule has 128 valence electrons. The van der Waals surface area contributed by atoms with Crippen LogP contribution in [-0.2, 0) is 14.3 Å². The highest BCUT2D eigenvalue weighted by molar-refractivity contribution is 7.07. The lowest BCUT2D eigenvalue weighted by Gasteiger charge is -2.37. The molecule has 0 radical (unpaired) electrons. The molecule has 23 heavy (non-hydrogen) atoms. The van der Waals surface area contributed by atoms with Crippen LogP contribution in [0, 0.1) is 0 Å². The zero-order valence-corrected chi connectivity index (χ0v) is 14.2. The van der Waals surface area contributed by atoms with Crippen molar-refractivity contribution >= 4 is 23.2 Å². The Morgan fingerprint density at radius 3 is 2.91 bits per heavy atom. The number of aliphatic carboxylic acids is 1. The van der Waals surface area contributed by atoms with E-state index < -0.39 is 12.0 Å². The van der Waals surface area contributed by atoms with E-state index in [4.69, 9.17) is 4.74 Å². The van der Waals surface area contributed by atoms with Crippen LogP contribution in [0.5, 0.6) is 0 Å². The molecule has 3 unspecified atom stereocenters. The Bertz CT molecular complexity index is 523. The van der Waals surface area contributed by atoms with Gasteiger partial charge in [0.1, 0.15) is 0 Å². The van der Waals surface area contributed by atoms with Gasteiger partial charge in [-0.1, -0.05) is 13.8 Å². The number of nitrogens with zero attached hydrogens (tertiary/aromatic N) is 2. The molecule has 1 aromatic heterocycles. The van der Waals surface area contributed by atoms with E-state index in [1.807, 2.05) is 6.92 Å². The van der Waals surface area contributed by atoms with Gasteiger partial charge in [0.2, 0.25) is 5.91 Å². The third-order valence-corrected chi connectivity index (χ3v) is 4.64. The highest BCUT2D eigenvalue weighted by Gasteiger charge is 2.32. The topological polar surface area (TPSA) is 91.8 Å². The molecule has 3 atom stereocenters. The molecule has 7 nitrogen and oxygen atoms in total. The van der Waals surface area contributed by atoms with Gasteiger partial charge >= 0.3 is 5.97 Å². The quantitative estimate of drug-likeness (QED) is 0.776. The van der Waals surface area contributed by atoms with Crippen LogP contribution in [0.3, 0.4) is 0 Å². The zero-order valence-electron chi connectivity index (χ0n) is 13.4. The van der Waals surface area contributed by atoms with E-state index in [0.717, 1.165) is 6.42 Å². The van der Waals surface area contributed by atoms with Gasteiger partial charge in [-0.25, -0.2) is 9.78 Å². The minimum atomic E-state index is -1.11. The van der Waals surface area contributed by atoms with Gasteiger partial charge in [-0.05, 0) is 12.8 Å². The Kier molecular flexibility index (Phi) is 6.49. The van der Waals surface area contributed by atoms with Gasteiger partial charge in [-0.2, -0.15) is 0 Å². The van der Waals surface area contributed by atoms with Crippen LogP contribution in [0.25, 0.3) is 0 Å². The Morgan fingerprint density at radius 1 is 1.57 bits per heavy atom. The molecule has 0 aliphatic carbocycles. The number of morpholine rings is 1. The van der Waals surface area contributed by atoms with Gasteiger partial charge in [0.15, 0.2) is 6.04 Å². The van der Waals surface area contributed by atoms with Crippen molar-refractivity contribution in [3.8, 4) is 0 Å². The summed E-state index contributed by atoms with van der Waals surface area (Å²) in [5.74, 6) is -1.38. The van der Waals surface area contributed by atoms with E-state index in [-0.39, 0.29) is 18.1 Å². The second kappa shape index (κ2) is 8.37. The zero-order chi connectivity index (χ0) is 16.8. The summed E-state index contributed by atoms with van der Waals surface area (Å²) in [4.78, 5) is 30.1. The lowest BCUT2D eigenvalue weighted by Crippen LogP contribution is -2.54. The van der Waals surface area contributed by atoms with Crippen molar-refractivity contribution in [3.63, 3.8) is 0 Å². The summed E-state index contributed by atoms with van der Waals surface area (Å²) in [6.45, 7) is 5.95. The number of carboxylic acid groups (broad SMARTS) is 1. The third-order valence-electron chi connectivity index (χ3n) is 4.04. The monoisotopic (exact) mass is 341 g/mol. The summed E-state index contributed by atoms with van der Waals surface area (Å²) in [5.41, 5.74) is 1.92. The van der Waals surface area contributed by atoms with E-state index in [9.17, 15) is 14.7 Å². The van der Waals surface area contributed by atoms with E-state index in [2.05, 4.69) is 22.1 Å². The van der Waals surface area contributed by atoms with Gasteiger partial charge in [-0.15, -0.1) is 11.3 Å². The first-order valence-electron chi connectivity index (χ1n) is 7.83. The van der Waals surface area contributed by atoms with Crippen LogP contribution in [-0.4, -0.2) is 58.7 Å². The summed E-state index contributed by atoms with van der Waals surface area (Å²) in [6.07, 6.45) is 1.64. The fourth-order valence-electron chi connectivity index (χ4n) is 2.75. The largest absolute Gasteiger partial charge is 0.479 e. The molecule has 2 N–H and O–H groups in total. The van der Waals surface area contributed by atoms with E-state index in [1.54, 1.807) is 10.9 Å². The first kappa shape index (κ1) is 17.8. The molecule has 2 heterocycles. The van der Waals surface area contributed by atoms with Crippen molar-refractivity contribution < 1.29 is 19.4 Å². The van der Waals surface area contributed by atoms with Crippen molar-refractivity contribution in [2.45, 2.75) is 44.9 Å². The number of hydrogen-bond donors (Lipinski definition) is 2. The SMILES string of the molecule is CCC1CN(C(CC)C(=O)NC(C(=O)O)c2cscn2)CCO1. The second-order valence-corrected chi connectivity index (χ2v) is 6.23. The molecule has 1 aliphatic rings. The van der Waals surface area contributed by atoms with E-state index in [1.165, 1.54) is 11.3 Å². The maximum Gasteiger partial charge on any atom is 0.332 e. The number of thiazole rings is 1. The fraction of sp³-hybridized carbons (Fsp3) is 0.667. The number of carboxylic acids is 1. The molecule has 8 heteroatoms. The molecule has 1 aliphatic heterocycles. The number of hydrogen-bond acceptors (Lipinski definition) is 6. The number of amides is 1. The molecule has 0 aromatic carbocycles. The minimum absolute atomic E-state index is 0.124. The Hall–Kier alpha value is -1.51. The van der Waals surface area contributed by atoms with Crippen LogP contribution in [0.2, 0.25) is 0 Å². The maximum atomic E-state index is 12.6. The number of ether oxygens (including phenoxy) is 1. The smallest absolute Gasteiger partial charge is 0.332 e. The average molecular weight is 341 g/mol.